The van der Waals surface area contributed by atoms with E-state index in [1.165, 1.54) is 7.11 Å². The smallest absolute Gasteiger partial charge is 0.310 e. The molecule has 1 amide bonds. The second-order valence-corrected chi connectivity index (χ2v) is 5.64. The van der Waals surface area contributed by atoms with Crippen molar-refractivity contribution in [2.24, 2.45) is 11.8 Å². The van der Waals surface area contributed by atoms with Gasteiger partial charge in [0.15, 0.2) is 0 Å². The molecule has 1 aromatic rings. The first-order valence-electron chi connectivity index (χ1n) is 6.89. The molecule has 1 saturated heterocycles. The predicted octanol–water partition coefficient (Wildman–Crippen LogP) is 0.563. The number of methoxy groups -OCH3 is 1. The molecule has 0 radical (unpaired) electrons. The third-order valence-electron chi connectivity index (χ3n) is 4.06. The molecule has 7 nitrogen and oxygen atoms in total. The lowest BCUT2D eigenvalue weighted by molar-refractivity contribution is -0.146. The quantitative estimate of drug-likeness (QED) is 0.816. The lowest BCUT2D eigenvalue weighted by Crippen LogP contribution is -2.31. The number of aromatic nitrogens is 3. The molecule has 1 aromatic heterocycles. The average molecular weight is 278 g/mol. The van der Waals surface area contributed by atoms with E-state index in [-0.39, 0.29) is 29.5 Å². The number of rotatable bonds is 3. The van der Waals surface area contributed by atoms with Crippen molar-refractivity contribution in [3.63, 3.8) is 0 Å². The van der Waals surface area contributed by atoms with E-state index in [4.69, 9.17) is 4.74 Å². The molecule has 2 unspecified atom stereocenters. The molecular formula is C13H18N4O3. The summed E-state index contributed by atoms with van der Waals surface area (Å²) in [4.78, 5) is 29.9. The molecule has 108 valence electrons. The molecule has 3 rings (SSSR count). The highest BCUT2D eigenvalue weighted by atomic mass is 16.5. The van der Waals surface area contributed by atoms with Crippen LogP contribution in [0.5, 0.6) is 0 Å². The van der Waals surface area contributed by atoms with Gasteiger partial charge in [-0.1, -0.05) is 6.92 Å². The Hall–Kier alpha value is -1.92. The van der Waals surface area contributed by atoms with Gasteiger partial charge < -0.3 is 9.64 Å². The Morgan fingerprint density at radius 3 is 2.75 bits per heavy atom. The summed E-state index contributed by atoms with van der Waals surface area (Å²) >= 11 is 0. The summed E-state index contributed by atoms with van der Waals surface area (Å²) in [5.41, 5.74) is 0. The van der Waals surface area contributed by atoms with Crippen LogP contribution in [0, 0.1) is 11.8 Å². The van der Waals surface area contributed by atoms with Crippen LogP contribution in [0.25, 0.3) is 0 Å². The molecule has 1 N–H and O–H groups in total. The largest absolute Gasteiger partial charge is 0.469 e. The van der Waals surface area contributed by atoms with E-state index in [9.17, 15) is 9.59 Å². The van der Waals surface area contributed by atoms with Crippen LogP contribution in [0.1, 0.15) is 42.1 Å². The van der Waals surface area contributed by atoms with Gasteiger partial charge in [0.2, 0.25) is 5.82 Å². The minimum absolute atomic E-state index is 0.0910. The third kappa shape index (κ3) is 2.28. The van der Waals surface area contributed by atoms with Crippen LogP contribution in [0.4, 0.5) is 0 Å². The highest BCUT2D eigenvalue weighted by Crippen LogP contribution is 2.37. The molecule has 1 saturated carbocycles. The molecule has 2 heterocycles. The van der Waals surface area contributed by atoms with Gasteiger partial charge in [-0.25, -0.2) is 4.98 Å². The summed E-state index contributed by atoms with van der Waals surface area (Å²) in [6.07, 6.45) is 2.21. The summed E-state index contributed by atoms with van der Waals surface area (Å²) in [7, 11) is 1.37. The maximum atomic E-state index is 12.3. The number of carbonyl (C=O) groups excluding carboxylic acids is 2. The fourth-order valence-electron chi connectivity index (χ4n) is 2.64. The number of esters is 1. The van der Waals surface area contributed by atoms with Crippen LogP contribution in [0.2, 0.25) is 0 Å². The minimum atomic E-state index is -0.263. The van der Waals surface area contributed by atoms with Crippen LogP contribution in [0.15, 0.2) is 0 Å². The molecule has 2 fully saturated rings. The zero-order valence-corrected chi connectivity index (χ0v) is 11.6. The van der Waals surface area contributed by atoms with Crippen molar-refractivity contribution < 1.29 is 14.3 Å². The van der Waals surface area contributed by atoms with Gasteiger partial charge in [0.1, 0.15) is 5.82 Å². The van der Waals surface area contributed by atoms with Crippen molar-refractivity contribution in [1.82, 2.24) is 20.1 Å². The second-order valence-electron chi connectivity index (χ2n) is 5.64. The van der Waals surface area contributed by atoms with Crippen molar-refractivity contribution in [3.05, 3.63) is 11.6 Å². The summed E-state index contributed by atoms with van der Waals surface area (Å²) < 4.78 is 4.77. The van der Waals surface area contributed by atoms with Gasteiger partial charge in [-0.05, 0) is 18.8 Å². The van der Waals surface area contributed by atoms with Gasteiger partial charge in [0.05, 0.1) is 13.0 Å². The highest BCUT2D eigenvalue weighted by Gasteiger charge is 2.39. The first-order chi connectivity index (χ1) is 9.60. The lowest BCUT2D eigenvalue weighted by Gasteiger charge is -2.13. The van der Waals surface area contributed by atoms with E-state index >= 15 is 0 Å². The maximum Gasteiger partial charge on any atom is 0.310 e. The van der Waals surface area contributed by atoms with E-state index in [0.29, 0.717) is 19.0 Å². The maximum absolute atomic E-state index is 12.3. The van der Waals surface area contributed by atoms with E-state index < -0.39 is 0 Å². The summed E-state index contributed by atoms with van der Waals surface area (Å²) in [6, 6.07) is 0. The van der Waals surface area contributed by atoms with Gasteiger partial charge in [0.25, 0.3) is 5.91 Å². The van der Waals surface area contributed by atoms with Crippen LogP contribution in [-0.2, 0) is 9.53 Å². The number of aromatic amines is 1. The van der Waals surface area contributed by atoms with Crippen molar-refractivity contribution in [2.45, 2.75) is 25.7 Å². The summed E-state index contributed by atoms with van der Waals surface area (Å²) in [5, 5.41) is 6.82. The van der Waals surface area contributed by atoms with E-state index in [2.05, 4.69) is 15.2 Å². The monoisotopic (exact) mass is 278 g/mol. The predicted molar refractivity (Wildman–Crippen MR) is 68.9 cm³/mol. The molecule has 1 aliphatic carbocycles. The van der Waals surface area contributed by atoms with Crippen LogP contribution in [0.3, 0.4) is 0 Å². The number of likely N-dealkylation sites (tertiary alicyclic amines) is 1. The Labute approximate surface area is 116 Å². The molecule has 0 aromatic carbocycles. The van der Waals surface area contributed by atoms with Gasteiger partial charge in [-0.3, -0.25) is 14.7 Å². The second kappa shape index (κ2) is 4.88. The number of carbonyl (C=O) groups is 2. The minimum Gasteiger partial charge on any atom is -0.469 e. The third-order valence-corrected chi connectivity index (χ3v) is 4.06. The number of hydrogen-bond acceptors (Lipinski definition) is 5. The molecule has 2 atom stereocenters. The summed E-state index contributed by atoms with van der Waals surface area (Å²) in [5.74, 6) is 0.783. The Balaban J connectivity index is 1.69. The SMILES string of the molecule is COC(=O)C1CN(C(=O)c2n[nH]c(C3CC3)n2)CC1C. The zero-order valence-electron chi connectivity index (χ0n) is 11.6. The van der Waals surface area contributed by atoms with Gasteiger partial charge >= 0.3 is 5.97 Å². The van der Waals surface area contributed by atoms with E-state index in [1.54, 1.807) is 4.90 Å². The Morgan fingerprint density at radius 2 is 2.10 bits per heavy atom. The lowest BCUT2D eigenvalue weighted by atomic mass is 9.99. The number of nitrogens with one attached hydrogen (secondary N) is 1. The Bertz CT molecular complexity index is 537. The zero-order chi connectivity index (χ0) is 14.3. The fourth-order valence-corrected chi connectivity index (χ4v) is 2.64. The highest BCUT2D eigenvalue weighted by molar-refractivity contribution is 5.91. The fraction of sp³-hybridized carbons (Fsp3) is 0.692. The van der Waals surface area contributed by atoms with Crippen molar-refractivity contribution >= 4 is 11.9 Å². The molecule has 2 aliphatic rings. The number of amides is 1. The van der Waals surface area contributed by atoms with Crippen molar-refractivity contribution in [3.8, 4) is 0 Å². The van der Waals surface area contributed by atoms with Gasteiger partial charge in [-0.2, -0.15) is 0 Å². The molecule has 0 spiro atoms. The number of ether oxygens (including phenoxy) is 1. The standard InChI is InChI=1S/C13H18N4O3/c1-7-5-17(6-9(7)13(19)20-2)12(18)11-14-10(15-16-11)8-3-4-8/h7-9H,3-6H2,1-2H3,(H,14,15,16). The number of nitrogens with zero attached hydrogens (tertiary/aromatic N) is 3. The first kappa shape index (κ1) is 13.1. The number of H-pyrrole nitrogens is 1. The Morgan fingerprint density at radius 1 is 1.35 bits per heavy atom. The van der Waals surface area contributed by atoms with E-state index in [0.717, 1.165) is 18.7 Å². The first-order valence-corrected chi connectivity index (χ1v) is 6.89. The van der Waals surface area contributed by atoms with E-state index in [1.807, 2.05) is 6.92 Å². The molecule has 20 heavy (non-hydrogen) atoms. The van der Waals surface area contributed by atoms with Crippen LogP contribution >= 0.6 is 0 Å². The average Bonchev–Trinajstić information content (AvgIpc) is 3.05. The van der Waals surface area contributed by atoms with Crippen molar-refractivity contribution in [2.75, 3.05) is 20.2 Å². The molecule has 1 aliphatic heterocycles. The van der Waals surface area contributed by atoms with Gasteiger partial charge in [0, 0.05) is 19.0 Å². The normalized spacial score (nSPS) is 25.8. The van der Waals surface area contributed by atoms with Gasteiger partial charge in [-0.15, -0.1) is 5.10 Å². The van der Waals surface area contributed by atoms with Crippen molar-refractivity contribution in [1.29, 1.82) is 0 Å². The summed E-state index contributed by atoms with van der Waals surface area (Å²) in [6.45, 7) is 2.86. The number of hydrogen-bond donors (Lipinski definition) is 1. The van der Waals surface area contributed by atoms with Crippen LogP contribution in [-0.4, -0.2) is 52.2 Å². The molecule has 7 heteroatoms. The Kier molecular flexibility index (Phi) is 3.19. The molecule has 0 bridgehead atoms. The topological polar surface area (TPSA) is 88.2 Å². The van der Waals surface area contributed by atoms with Crippen LogP contribution < -0.4 is 0 Å². The molecular weight excluding hydrogens is 260 g/mol.